The Morgan fingerprint density at radius 1 is 1.19 bits per heavy atom. The van der Waals surface area contributed by atoms with E-state index in [0.717, 1.165) is 22.2 Å². The van der Waals surface area contributed by atoms with Gasteiger partial charge in [0.05, 0.1) is 5.56 Å². The van der Waals surface area contributed by atoms with Gasteiger partial charge in [-0.1, -0.05) is 22.0 Å². The van der Waals surface area contributed by atoms with Crippen molar-refractivity contribution in [2.75, 3.05) is 5.32 Å². The first-order valence-electron chi connectivity index (χ1n) is 5.99. The van der Waals surface area contributed by atoms with Crippen molar-refractivity contribution in [3.05, 3.63) is 63.4 Å². The third-order valence-electron chi connectivity index (χ3n) is 2.97. The van der Waals surface area contributed by atoms with Crippen LogP contribution in [0.4, 0.5) is 10.1 Å². The zero-order valence-corrected chi connectivity index (χ0v) is 12.6. The number of anilines is 1. The van der Waals surface area contributed by atoms with E-state index in [-0.39, 0.29) is 5.69 Å². The summed E-state index contributed by atoms with van der Waals surface area (Å²) < 4.78 is 14.1. The normalized spacial score (nSPS) is 10.2. The lowest BCUT2D eigenvalue weighted by Gasteiger charge is -2.09. The van der Waals surface area contributed by atoms with Crippen LogP contribution < -0.4 is 5.32 Å². The molecule has 0 aliphatic carbocycles. The molecule has 2 aromatic rings. The number of carbonyl (C=O) groups is 2. The van der Waals surface area contributed by atoms with E-state index in [1.165, 1.54) is 6.07 Å². The number of carbonyl (C=O) groups excluding carboxylic acids is 1. The van der Waals surface area contributed by atoms with Gasteiger partial charge in [0.1, 0.15) is 5.82 Å². The third-order valence-corrected chi connectivity index (χ3v) is 3.83. The predicted octanol–water partition coefficient (Wildman–Crippen LogP) is 3.85. The van der Waals surface area contributed by atoms with Gasteiger partial charge in [-0.2, -0.15) is 0 Å². The van der Waals surface area contributed by atoms with E-state index >= 15 is 0 Å². The molecule has 6 heteroatoms. The van der Waals surface area contributed by atoms with Crippen LogP contribution in [-0.2, 0) is 0 Å². The number of rotatable bonds is 3. The van der Waals surface area contributed by atoms with E-state index in [1.807, 2.05) is 6.07 Å². The highest BCUT2D eigenvalue weighted by Gasteiger charge is 2.14. The van der Waals surface area contributed by atoms with Gasteiger partial charge in [0.2, 0.25) is 0 Å². The van der Waals surface area contributed by atoms with Crippen LogP contribution in [-0.4, -0.2) is 17.0 Å². The van der Waals surface area contributed by atoms with E-state index in [4.69, 9.17) is 5.11 Å². The van der Waals surface area contributed by atoms with Crippen LogP contribution in [0.15, 0.2) is 40.9 Å². The van der Waals surface area contributed by atoms with Crippen LogP contribution in [0, 0.1) is 12.7 Å². The number of hydrogen-bond donors (Lipinski definition) is 2. The zero-order valence-electron chi connectivity index (χ0n) is 11.0. The fourth-order valence-electron chi connectivity index (χ4n) is 1.82. The molecule has 0 bridgehead atoms. The zero-order chi connectivity index (χ0) is 15.6. The van der Waals surface area contributed by atoms with Gasteiger partial charge in [-0.3, -0.25) is 4.79 Å². The van der Waals surface area contributed by atoms with Gasteiger partial charge in [-0.15, -0.1) is 0 Å². The second-order valence-corrected chi connectivity index (χ2v) is 5.22. The summed E-state index contributed by atoms with van der Waals surface area (Å²) in [6.45, 7) is 1.78. The average molecular weight is 352 g/mol. The number of carboxylic acids is 1. The van der Waals surface area contributed by atoms with Gasteiger partial charge in [-0.25, -0.2) is 9.18 Å². The summed E-state index contributed by atoms with van der Waals surface area (Å²) in [5.74, 6) is -2.63. The first-order valence-corrected chi connectivity index (χ1v) is 6.78. The van der Waals surface area contributed by atoms with Crippen LogP contribution in [0.3, 0.4) is 0 Å². The Bertz CT molecular complexity index is 731. The average Bonchev–Trinajstić information content (AvgIpc) is 2.43. The first-order chi connectivity index (χ1) is 9.90. The molecule has 21 heavy (non-hydrogen) atoms. The fourth-order valence-corrected chi connectivity index (χ4v) is 2.19. The molecular weight excluding hydrogens is 341 g/mol. The number of hydrogen-bond acceptors (Lipinski definition) is 2. The highest BCUT2D eigenvalue weighted by atomic mass is 79.9. The van der Waals surface area contributed by atoms with E-state index in [1.54, 1.807) is 19.1 Å². The lowest BCUT2D eigenvalue weighted by molar-refractivity contribution is 0.0691. The van der Waals surface area contributed by atoms with Gasteiger partial charge in [0.25, 0.3) is 5.91 Å². The SMILES string of the molecule is Cc1c(Br)cccc1C(=O)Nc1ccc(F)c(C(=O)O)c1. The number of benzene rings is 2. The molecule has 2 N–H and O–H groups in total. The predicted molar refractivity (Wildman–Crippen MR) is 80.2 cm³/mol. The van der Waals surface area contributed by atoms with Crippen LogP contribution >= 0.6 is 15.9 Å². The van der Waals surface area contributed by atoms with Gasteiger partial charge in [-0.05, 0) is 42.8 Å². The molecule has 0 spiro atoms. The van der Waals surface area contributed by atoms with E-state index in [9.17, 15) is 14.0 Å². The Kier molecular flexibility index (Phi) is 4.37. The molecule has 108 valence electrons. The first kappa shape index (κ1) is 15.2. The molecule has 2 aromatic carbocycles. The van der Waals surface area contributed by atoms with Gasteiger partial charge < -0.3 is 10.4 Å². The van der Waals surface area contributed by atoms with Crippen molar-refractivity contribution in [2.45, 2.75) is 6.92 Å². The lowest BCUT2D eigenvalue weighted by Crippen LogP contribution is -2.14. The monoisotopic (exact) mass is 351 g/mol. The molecule has 0 aromatic heterocycles. The van der Waals surface area contributed by atoms with Gasteiger partial charge in [0.15, 0.2) is 0 Å². The van der Waals surface area contributed by atoms with E-state index in [0.29, 0.717) is 5.56 Å². The smallest absolute Gasteiger partial charge is 0.338 e. The Labute approximate surface area is 128 Å². The molecule has 0 radical (unpaired) electrons. The van der Waals surface area contributed by atoms with Gasteiger partial charge in [0, 0.05) is 15.7 Å². The van der Waals surface area contributed by atoms with E-state index < -0.39 is 23.3 Å². The summed E-state index contributed by atoms with van der Waals surface area (Å²) in [6, 6.07) is 8.59. The molecule has 0 unspecified atom stereocenters. The lowest BCUT2D eigenvalue weighted by atomic mass is 10.1. The number of aromatic carboxylic acids is 1. The van der Waals surface area contributed by atoms with Crippen molar-refractivity contribution < 1.29 is 19.1 Å². The van der Waals surface area contributed by atoms with Gasteiger partial charge >= 0.3 is 5.97 Å². The van der Waals surface area contributed by atoms with Crippen LogP contribution in [0.1, 0.15) is 26.3 Å². The molecule has 0 atom stereocenters. The summed E-state index contributed by atoms with van der Waals surface area (Å²) in [5, 5.41) is 11.4. The van der Waals surface area contributed by atoms with Crippen molar-refractivity contribution in [1.82, 2.24) is 0 Å². The molecule has 0 saturated carbocycles. The minimum absolute atomic E-state index is 0.221. The number of carboxylic acid groups (broad SMARTS) is 1. The number of amides is 1. The summed E-state index contributed by atoms with van der Waals surface area (Å²) in [5.41, 5.74) is 0.943. The maximum atomic E-state index is 13.3. The minimum atomic E-state index is -1.39. The Hall–Kier alpha value is -2.21. The summed E-state index contributed by atoms with van der Waals surface area (Å²) in [6.07, 6.45) is 0. The van der Waals surface area contributed by atoms with Crippen molar-refractivity contribution >= 4 is 33.5 Å². The van der Waals surface area contributed by atoms with Crippen LogP contribution in [0.2, 0.25) is 0 Å². The molecule has 0 saturated heterocycles. The standard InChI is InChI=1S/C15H11BrFNO3/c1-8-10(3-2-4-12(8)16)14(19)18-9-5-6-13(17)11(7-9)15(20)21/h2-7H,1H3,(H,18,19)(H,20,21). The van der Waals surface area contributed by atoms with Crippen LogP contribution in [0.25, 0.3) is 0 Å². The van der Waals surface area contributed by atoms with Crippen molar-refractivity contribution in [3.63, 3.8) is 0 Å². The van der Waals surface area contributed by atoms with Crippen LogP contribution in [0.5, 0.6) is 0 Å². The largest absolute Gasteiger partial charge is 0.478 e. The number of nitrogens with one attached hydrogen (secondary N) is 1. The third kappa shape index (κ3) is 3.28. The number of halogens is 2. The topological polar surface area (TPSA) is 66.4 Å². The van der Waals surface area contributed by atoms with E-state index in [2.05, 4.69) is 21.2 Å². The highest BCUT2D eigenvalue weighted by molar-refractivity contribution is 9.10. The fraction of sp³-hybridized carbons (Fsp3) is 0.0667. The second-order valence-electron chi connectivity index (χ2n) is 4.37. The van der Waals surface area contributed by atoms with Crippen molar-refractivity contribution in [3.8, 4) is 0 Å². The molecule has 0 heterocycles. The Morgan fingerprint density at radius 3 is 2.57 bits per heavy atom. The second kappa shape index (κ2) is 6.05. The molecule has 0 aliphatic rings. The van der Waals surface area contributed by atoms with Crippen molar-refractivity contribution in [2.24, 2.45) is 0 Å². The minimum Gasteiger partial charge on any atom is -0.478 e. The summed E-state index contributed by atoms with van der Waals surface area (Å²) in [7, 11) is 0. The highest BCUT2D eigenvalue weighted by Crippen LogP contribution is 2.21. The van der Waals surface area contributed by atoms with Crippen molar-refractivity contribution in [1.29, 1.82) is 0 Å². The summed E-state index contributed by atoms with van der Waals surface area (Å²) >= 11 is 3.33. The maximum Gasteiger partial charge on any atom is 0.338 e. The molecule has 0 fully saturated rings. The summed E-state index contributed by atoms with van der Waals surface area (Å²) in [4.78, 5) is 23.0. The molecule has 4 nitrogen and oxygen atoms in total. The molecule has 0 aliphatic heterocycles. The molecule has 1 amide bonds. The quantitative estimate of drug-likeness (QED) is 0.882. The molecular formula is C15H11BrFNO3. The molecule has 2 rings (SSSR count). The Morgan fingerprint density at radius 2 is 1.90 bits per heavy atom. The maximum absolute atomic E-state index is 13.3. The Balaban J connectivity index is 2.30.